The zero-order valence-electron chi connectivity index (χ0n) is 39.6. The van der Waals surface area contributed by atoms with E-state index >= 15 is 0 Å². The van der Waals surface area contributed by atoms with Gasteiger partial charge in [0.1, 0.15) is 5.60 Å². The maximum Gasteiger partial charge on any atom is 0.407 e. The Morgan fingerprint density at radius 2 is 0.934 bits per heavy atom. The van der Waals surface area contributed by atoms with E-state index in [0.717, 1.165) is 81.0 Å². The molecule has 4 aromatic rings. The van der Waals surface area contributed by atoms with Gasteiger partial charge in [0.05, 0.1) is 36.7 Å². The minimum Gasteiger partial charge on any atom is -0.465 e. The zero-order chi connectivity index (χ0) is 45.8. The summed E-state index contributed by atoms with van der Waals surface area (Å²) in [4.78, 5) is 48.3. The highest BCUT2D eigenvalue weighted by Gasteiger charge is 2.29. The topological polar surface area (TPSA) is 143 Å². The van der Waals surface area contributed by atoms with Crippen molar-refractivity contribution in [3.05, 3.63) is 105 Å². The van der Waals surface area contributed by atoms with Crippen LogP contribution in [0.25, 0.3) is 22.3 Å². The van der Waals surface area contributed by atoms with E-state index in [0.29, 0.717) is 47.8 Å². The molecule has 0 fully saturated rings. The predicted molar refractivity (Wildman–Crippen MR) is 247 cm³/mol. The molecule has 10 nitrogen and oxygen atoms in total. The van der Waals surface area contributed by atoms with Gasteiger partial charge in [-0.3, -0.25) is 9.97 Å². The molecule has 0 aliphatic rings. The number of benzene rings is 2. The normalized spacial score (nSPS) is 11.5. The highest BCUT2D eigenvalue weighted by Crippen LogP contribution is 2.36. The van der Waals surface area contributed by atoms with Crippen LogP contribution in [-0.2, 0) is 53.0 Å². The number of hydrogen-bond acceptors (Lipinski definition) is 9. The summed E-state index contributed by atoms with van der Waals surface area (Å²) < 4.78 is 15.8. The summed E-state index contributed by atoms with van der Waals surface area (Å²) in [6.07, 6.45) is 2.41. The van der Waals surface area contributed by atoms with E-state index in [-0.39, 0.29) is 12.5 Å². The van der Waals surface area contributed by atoms with Crippen LogP contribution in [0, 0.1) is 37.5 Å². The van der Waals surface area contributed by atoms with E-state index in [1.54, 1.807) is 0 Å². The van der Waals surface area contributed by atoms with Gasteiger partial charge >= 0.3 is 18.0 Å². The van der Waals surface area contributed by atoms with Crippen LogP contribution < -0.4 is 11.1 Å². The number of amides is 1. The molecule has 2 aromatic carbocycles. The van der Waals surface area contributed by atoms with E-state index < -0.39 is 17.7 Å². The molecule has 0 spiro atoms. The minimum atomic E-state index is -0.610. The number of nitrogens with zero attached hydrogens (tertiary/aromatic N) is 2. The number of ether oxygens (including phenoxy) is 3. The number of carbonyl (C=O) groups is 3. The standard InChI is InChI=1S/C28H40N2O4.C23H32N2O2/c1-17(2)14-22-21(16-29-27(32)34-28(6,7)8)24(20-12-10-19(5)11-13-20)25(26(31)33-9)23(30-22)15-18(3)4;1-14(2)11-19-18(13-24)21(17-9-7-16(5)8-10-17)22(23(26)27-6)20(25-19)12-15(3)4/h10-13,17-18H,14-16H2,1-9H3,(H,29,32);7-10,14-15H,11-13,24H2,1-6H3. The Hall–Kier alpha value is -5.09. The third-order valence-corrected chi connectivity index (χ3v) is 9.80. The number of rotatable bonds is 15. The Kier molecular flexibility index (Phi) is 18.7. The lowest BCUT2D eigenvalue weighted by Crippen LogP contribution is -2.33. The zero-order valence-corrected chi connectivity index (χ0v) is 39.6. The fraction of sp³-hybridized carbons (Fsp3) is 0.510. The van der Waals surface area contributed by atoms with Crippen LogP contribution in [0.5, 0.6) is 0 Å². The summed E-state index contributed by atoms with van der Waals surface area (Å²) in [5.74, 6) is 0.703. The fourth-order valence-electron chi connectivity index (χ4n) is 7.24. The number of nitrogens with one attached hydrogen (secondary N) is 1. The third-order valence-electron chi connectivity index (χ3n) is 9.80. The molecule has 2 heterocycles. The van der Waals surface area contributed by atoms with Gasteiger partial charge in [0.25, 0.3) is 0 Å². The molecule has 61 heavy (non-hydrogen) atoms. The molecule has 1 amide bonds. The number of esters is 2. The van der Waals surface area contributed by atoms with Crippen LogP contribution in [0.3, 0.4) is 0 Å². The number of hydrogen-bond donors (Lipinski definition) is 2. The summed E-state index contributed by atoms with van der Waals surface area (Å²) in [7, 11) is 2.81. The monoisotopic (exact) mass is 837 g/mol. The Morgan fingerprint density at radius 3 is 1.26 bits per heavy atom. The van der Waals surface area contributed by atoms with Crippen LogP contribution >= 0.6 is 0 Å². The summed E-state index contributed by atoms with van der Waals surface area (Å²) in [6, 6.07) is 16.3. The maximum atomic E-state index is 13.1. The molecule has 0 bridgehead atoms. The second-order valence-electron chi connectivity index (χ2n) is 18.6. The van der Waals surface area contributed by atoms with Crippen molar-refractivity contribution in [2.45, 2.75) is 134 Å². The molecule has 3 N–H and O–H groups in total. The van der Waals surface area contributed by atoms with Crippen LogP contribution in [0.1, 0.15) is 142 Å². The van der Waals surface area contributed by atoms with Crippen molar-refractivity contribution in [3.8, 4) is 22.3 Å². The predicted octanol–water partition coefficient (Wildman–Crippen LogP) is 11.0. The summed E-state index contributed by atoms with van der Waals surface area (Å²) in [6.45, 7) is 27.2. The Balaban J connectivity index is 0.000000334. The quantitative estimate of drug-likeness (QED) is 0.0883. The SMILES string of the molecule is COC(=O)c1c(CC(C)C)nc(CC(C)C)c(CN)c1-c1ccc(C)cc1.COC(=O)c1c(CC(C)C)nc(CC(C)C)c(CNC(=O)OC(C)(C)C)c1-c1ccc(C)cc1. The minimum absolute atomic E-state index is 0.194. The average molecular weight is 837 g/mol. The molecule has 0 saturated heterocycles. The third kappa shape index (κ3) is 14.5. The van der Waals surface area contributed by atoms with E-state index in [1.807, 2.05) is 52.0 Å². The van der Waals surface area contributed by atoms with Crippen LogP contribution in [0.2, 0.25) is 0 Å². The number of pyridine rings is 2. The molecule has 0 atom stereocenters. The summed E-state index contributed by atoms with van der Waals surface area (Å²) >= 11 is 0. The van der Waals surface area contributed by atoms with Gasteiger partial charge in [0.15, 0.2) is 0 Å². The number of nitrogens with two attached hydrogens (primary N) is 1. The van der Waals surface area contributed by atoms with Gasteiger partial charge in [0, 0.05) is 41.2 Å². The first-order valence-corrected chi connectivity index (χ1v) is 21.7. The van der Waals surface area contributed by atoms with Crippen molar-refractivity contribution in [2.24, 2.45) is 29.4 Å². The van der Waals surface area contributed by atoms with Crippen LogP contribution in [0.4, 0.5) is 4.79 Å². The average Bonchev–Trinajstić information content (AvgIpc) is 3.16. The van der Waals surface area contributed by atoms with Gasteiger partial charge in [-0.25, -0.2) is 14.4 Å². The highest BCUT2D eigenvalue weighted by atomic mass is 16.6. The number of carbonyl (C=O) groups excluding carboxylic acids is 3. The number of aryl methyl sites for hydroxylation is 2. The van der Waals surface area contributed by atoms with Gasteiger partial charge in [-0.15, -0.1) is 0 Å². The second-order valence-corrected chi connectivity index (χ2v) is 18.6. The molecular formula is C51H72N4O6. The van der Waals surface area contributed by atoms with E-state index in [1.165, 1.54) is 19.8 Å². The van der Waals surface area contributed by atoms with Crippen molar-refractivity contribution < 1.29 is 28.6 Å². The molecule has 332 valence electrons. The molecule has 0 aliphatic heterocycles. The molecule has 0 aliphatic carbocycles. The summed E-state index contributed by atoms with van der Waals surface area (Å²) in [5.41, 5.74) is 17.6. The van der Waals surface area contributed by atoms with E-state index in [4.69, 9.17) is 29.9 Å². The lowest BCUT2D eigenvalue weighted by Gasteiger charge is -2.24. The largest absolute Gasteiger partial charge is 0.465 e. The Bertz CT molecular complexity index is 2100. The summed E-state index contributed by atoms with van der Waals surface area (Å²) in [5, 5.41) is 2.88. The van der Waals surface area contributed by atoms with Gasteiger partial charge in [-0.1, -0.05) is 115 Å². The molecule has 0 saturated carbocycles. The van der Waals surface area contributed by atoms with Crippen LogP contribution in [-0.4, -0.2) is 47.8 Å². The Labute approximate surface area is 365 Å². The van der Waals surface area contributed by atoms with Crippen molar-refractivity contribution >= 4 is 18.0 Å². The Morgan fingerprint density at radius 1 is 0.590 bits per heavy atom. The van der Waals surface area contributed by atoms with Crippen LogP contribution in [0.15, 0.2) is 48.5 Å². The van der Waals surface area contributed by atoms with E-state index in [9.17, 15) is 14.4 Å². The first-order valence-electron chi connectivity index (χ1n) is 21.7. The first-order chi connectivity index (χ1) is 28.6. The molecule has 4 rings (SSSR count). The van der Waals surface area contributed by atoms with Crippen molar-refractivity contribution in [1.29, 1.82) is 0 Å². The molecule has 10 heteroatoms. The lowest BCUT2D eigenvalue weighted by molar-refractivity contribution is 0.0521. The second kappa shape index (κ2) is 22.7. The molecule has 2 aromatic heterocycles. The van der Waals surface area contributed by atoms with Crippen molar-refractivity contribution in [3.63, 3.8) is 0 Å². The first kappa shape index (κ1) is 50.3. The number of alkyl carbamates (subject to hydrolysis) is 1. The fourth-order valence-corrected chi connectivity index (χ4v) is 7.24. The van der Waals surface area contributed by atoms with Gasteiger partial charge < -0.3 is 25.3 Å². The smallest absolute Gasteiger partial charge is 0.407 e. The maximum absolute atomic E-state index is 13.1. The molecule has 0 unspecified atom stereocenters. The van der Waals surface area contributed by atoms with Gasteiger partial charge in [0.2, 0.25) is 0 Å². The molecular weight excluding hydrogens is 765 g/mol. The number of methoxy groups -OCH3 is 2. The van der Waals surface area contributed by atoms with Crippen molar-refractivity contribution in [1.82, 2.24) is 15.3 Å². The number of aromatic nitrogens is 2. The van der Waals surface area contributed by atoms with Gasteiger partial charge in [-0.2, -0.15) is 0 Å². The van der Waals surface area contributed by atoms with Gasteiger partial charge in [-0.05, 0) is 101 Å². The van der Waals surface area contributed by atoms with Crippen molar-refractivity contribution in [2.75, 3.05) is 14.2 Å². The lowest BCUT2D eigenvalue weighted by atomic mass is 9.88. The highest BCUT2D eigenvalue weighted by molar-refractivity contribution is 6.00. The molecule has 0 radical (unpaired) electrons. The van der Waals surface area contributed by atoms with E-state index in [2.05, 4.69) is 91.9 Å².